The van der Waals surface area contributed by atoms with Gasteiger partial charge >= 0.3 is 0 Å². The molecule has 32 heavy (non-hydrogen) atoms. The van der Waals surface area contributed by atoms with Crippen molar-refractivity contribution in [2.75, 3.05) is 24.7 Å². The van der Waals surface area contributed by atoms with E-state index >= 15 is 0 Å². The minimum absolute atomic E-state index is 0.0566. The lowest BCUT2D eigenvalue weighted by atomic mass is 10.2. The van der Waals surface area contributed by atoms with Crippen LogP contribution in [0.3, 0.4) is 0 Å². The lowest BCUT2D eigenvalue weighted by Gasteiger charge is -2.25. The number of hydrogen-bond acceptors (Lipinski definition) is 4. The van der Waals surface area contributed by atoms with Crippen molar-refractivity contribution in [1.82, 2.24) is 9.80 Å². The molecule has 0 saturated carbocycles. The summed E-state index contributed by atoms with van der Waals surface area (Å²) >= 11 is 6.20. The van der Waals surface area contributed by atoms with Gasteiger partial charge in [-0.25, -0.2) is 0 Å². The zero-order valence-electron chi connectivity index (χ0n) is 17.5. The third-order valence-corrected chi connectivity index (χ3v) is 5.79. The highest BCUT2D eigenvalue weighted by Gasteiger charge is 2.34. The summed E-state index contributed by atoms with van der Waals surface area (Å²) in [6, 6.07) is 17.6. The number of halogens is 1. The molecule has 1 aliphatic heterocycles. The Bertz CT molecular complexity index is 1130. The molecule has 1 saturated heterocycles. The Hall–Kier alpha value is -3.58. The predicted molar refractivity (Wildman–Crippen MR) is 120 cm³/mol. The highest BCUT2D eigenvalue weighted by atomic mass is 35.5. The summed E-state index contributed by atoms with van der Waals surface area (Å²) in [5.74, 6) is -0.244. The highest BCUT2D eigenvalue weighted by Crippen LogP contribution is 2.28. The van der Waals surface area contributed by atoms with Gasteiger partial charge in [0.2, 0.25) is 11.8 Å². The molecule has 3 aromatic rings. The average Bonchev–Trinajstić information content (AvgIpc) is 3.45. The lowest BCUT2D eigenvalue weighted by Crippen LogP contribution is -2.42. The molecule has 0 atom stereocenters. The molecule has 8 heteroatoms. The molecule has 0 spiro atoms. The van der Waals surface area contributed by atoms with Crippen LogP contribution in [0.25, 0.3) is 0 Å². The van der Waals surface area contributed by atoms with Gasteiger partial charge in [0.25, 0.3) is 5.91 Å². The fourth-order valence-corrected chi connectivity index (χ4v) is 3.80. The number of anilines is 1. The zero-order valence-corrected chi connectivity index (χ0v) is 18.3. The predicted octanol–water partition coefficient (Wildman–Crippen LogP) is 3.72. The SMILES string of the molecule is Cc1c(Cl)cccc1N1CN(C(=O)CN(Cc2ccco2)C(=O)c2ccccc2)CC1=O. The molecule has 1 aliphatic rings. The van der Waals surface area contributed by atoms with Gasteiger partial charge in [0.1, 0.15) is 25.5 Å². The minimum atomic E-state index is -0.323. The topological polar surface area (TPSA) is 74.1 Å². The highest BCUT2D eigenvalue weighted by molar-refractivity contribution is 6.31. The third-order valence-electron chi connectivity index (χ3n) is 5.38. The van der Waals surface area contributed by atoms with Crippen molar-refractivity contribution < 1.29 is 18.8 Å². The summed E-state index contributed by atoms with van der Waals surface area (Å²) in [6.07, 6.45) is 1.52. The van der Waals surface area contributed by atoms with Gasteiger partial charge < -0.3 is 14.2 Å². The number of hydrogen-bond donors (Lipinski definition) is 0. The monoisotopic (exact) mass is 451 g/mol. The van der Waals surface area contributed by atoms with Gasteiger partial charge in [0.15, 0.2) is 0 Å². The van der Waals surface area contributed by atoms with Crippen LogP contribution in [0.1, 0.15) is 21.7 Å². The number of benzene rings is 2. The molecule has 7 nitrogen and oxygen atoms in total. The van der Waals surface area contributed by atoms with Crippen LogP contribution in [0, 0.1) is 6.92 Å². The summed E-state index contributed by atoms with van der Waals surface area (Å²) in [5.41, 5.74) is 1.92. The molecule has 0 radical (unpaired) electrons. The van der Waals surface area contributed by atoms with Crippen molar-refractivity contribution in [3.05, 3.63) is 88.8 Å². The van der Waals surface area contributed by atoms with Crippen molar-refractivity contribution in [1.29, 1.82) is 0 Å². The van der Waals surface area contributed by atoms with Crippen molar-refractivity contribution in [2.45, 2.75) is 13.5 Å². The molecule has 1 aromatic heterocycles. The van der Waals surface area contributed by atoms with E-state index in [1.165, 1.54) is 21.0 Å². The van der Waals surface area contributed by atoms with Gasteiger partial charge in [-0.1, -0.05) is 35.9 Å². The van der Waals surface area contributed by atoms with Crippen LogP contribution in [0.2, 0.25) is 5.02 Å². The summed E-state index contributed by atoms with van der Waals surface area (Å²) in [4.78, 5) is 43.2. The Morgan fingerprint density at radius 2 is 1.84 bits per heavy atom. The summed E-state index contributed by atoms with van der Waals surface area (Å²) in [6.45, 7) is 1.85. The molecule has 0 unspecified atom stereocenters. The van der Waals surface area contributed by atoms with E-state index in [4.69, 9.17) is 16.0 Å². The van der Waals surface area contributed by atoms with Crippen LogP contribution in [-0.2, 0) is 16.1 Å². The number of nitrogens with zero attached hydrogens (tertiary/aromatic N) is 3. The van der Waals surface area contributed by atoms with E-state index in [0.717, 1.165) is 5.56 Å². The first kappa shape index (κ1) is 21.6. The van der Waals surface area contributed by atoms with Gasteiger partial charge in [-0.3, -0.25) is 19.3 Å². The molecule has 0 aliphatic carbocycles. The van der Waals surface area contributed by atoms with Gasteiger partial charge in [-0.15, -0.1) is 0 Å². The molecule has 2 aromatic carbocycles. The summed E-state index contributed by atoms with van der Waals surface area (Å²) in [5, 5.41) is 0.554. The normalized spacial score (nSPS) is 13.5. The maximum absolute atomic E-state index is 13.1. The van der Waals surface area contributed by atoms with E-state index < -0.39 is 0 Å². The number of carbonyl (C=O) groups excluding carboxylic acids is 3. The van der Waals surface area contributed by atoms with E-state index in [1.807, 2.05) is 13.0 Å². The van der Waals surface area contributed by atoms with E-state index in [9.17, 15) is 14.4 Å². The average molecular weight is 452 g/mol. The van der Waals surface area contributed by atoms with Crippen LogP contribution in [-0.4, -0.2) is 47.3 Å². The molecule has 0 bridgehead atoms. The minimum Gasteiger partial charge on any atom is -0.467 e. The van der Waals surface area contributed by atoms with Gasteiger partial charge in [0, 0.05) is 16.3 Å². The fraction of sp³-hybridized carbons (Fsp3) is 0.208. The van der Waals surface area contributed by atoms with Crippen molar-refractivity contribution in [3.63, 3.8) is 0 Å². The smallest absolute Gasteiger partial charge is 0.254 e. The molecule has 3 amide bonds. The van der Waals surface area contributed by atoms with Crippen LogP contribution in [0.15, 0.2) is 71.3 Å². The van der Waals surface area contributed by atoms with Crippen LogP contribution >= 0.6 is 11.6 Å². The second-order valence-corrected chi connectivity index (χ2v) is 7.95. The molecular formula is C24H22ClN3O4. The van der Waals surface area contributed by atoms with Crippen LogP contribution in [0.4, 0.5) is 5.69 Å². The van der Waals surface area contributed by atoms with E-state index in [-0.39, 0.29) is 44.0 Å². The standard InChI is InChI=1S/C24H22ClN3O4/c1-17-20(25)10-5-11-21(17)28-16-27(15-23(28)30)22(29)14-26(13-19-9-6-12-32-19)24(31)18-7-3-2-4-8-18/h2-12H,13-16H2,1H3. The molecule has 2 heterocycles. The maximum atomic E-state index is 13.1. The molecule has 0 N–H and O–H groups in total. The quantitative estimate of drug-likeness (QED) is 0.572. The Morgan fingerprint density at radius 1 is 1.06 bits per heavy atom. The van der Waals surface area contributed by atoms with Gasteiger partial charge in [-0.05, 0) is 48.9 Å². The van der Waals surface area contributed by atoms with Crippen molar-refractivity contribution in [3.8, 4) is 0 Å². The van der Waals surface area contributed by atoms with Gasteiger partial charge in [-0.2, -0.15) is 0 Å². The number of amides is 3. The van der Waals surface area contributed by atoms with Gasteiger partial charge in [0.05, 0.1) is 12.8 Å². The van der Waals surface area contributed by atoms with Crippen LogP contribution < -0.4 is 4.90 Å². The Kier molecular flexibility index (Phi) is 6.28. The Labute approximate surface area is 190 Å². The number of carbonyl (C=O) groups is 3. The largest absolute Gasteiger partial charge is 0.467 e. The summed E-state index contributed by atoms with van der Waals surface area (Å²) in [7, 11) is 0. The zero-order chi connectivity index (χ0) is 22.7. The Balaban J connectivity index is 1.51. The molecule has 4 rings (SSSR count). The second kappa shape index (κ2) is 9.28. The third kappa shape index (κ3) is 4.53. The van der Waals surface area contributed by atoms with E-state index in [1.54, 1.807) is 54.6 Å². The van der Waals surface area contributed by atoms with E-state index in [0.29, 0.717) is 22.0 Å². The van der Waals surface area contributed by atoms with Crippen molar-refractivity contribution >= 4 is 35.0 Å². The maximum Gasteiger partial charge on any atom is 0.254 e. The van der Waals surface area contributed by atoms with Crippen LogP contribution in [0.5, 0.6) is 0 Å². The Morgan fingerprint density at radius 3 is 2.56 bits per heavy atom. The second-order valence-electron chi connectivity index (χ2n) is 7.55. The fourth-order valence-electron chi connectivity index (χ4n) is 3.63. The molecular weight excluding hydrogens is 430 g/mol. The van der Waals surface area contributed by atoms with Crippen molar-refractivity contribution in [2.24, 2.45) is 0 Å². The number of rotatable bonds is 6. The summed E-state index contributed by atoms with van der Waals surface area (Å²) < 4.78 is 5.38. The molecule has 164 valence electrons. The van der Waals surface area contributed by atoms with E-state index in [2.05, 4.69) is 0 Å². The molecule has 1 fully saturated rings. The first-order valence-electron chi connectivity index (χ1n) is 10.1. The number of furan rings is 1. The lowest BCUT2D eigenvalue weighted by molar-refractivity contribution is -0.132. The first-order valence-corrected chi connectivity index (χ1v) is 10.5. The first-order chi connectivity index (χ1) is 15.4.